The van der Waals surface area contributed by atoms with E-state index in [1.165, 1.54) is 17.7 Å². The molecule has 2 aliphatic heterocycles. The van der Waals surface area contributed by atoms with Gasteiger partial charge in [0.25, 0.3) is 11.8 Å². The first-order valence-corrected chi connectivity index (χ1v) is 15.1. The van der Waals surface area contributed by atoms with Crippen molar-refractivity contribution >= 4 is 28.2 Å². The number of piperidine rings is 1. The number of amides is 2. The molecule has 2 fully saturated rings. The van der Waals surface area contributed by atoms with E-state index in [-0.39, 0.29) is 30.8 Å². The minimum atomic E-state index is -1.10. The molecule has 43 heavy (non-hydrogen) atoms. The van der Waals surface area contributed by atoms with Gasteiger partial charge >= 0.3 is 0 Å². The number of benzene rings is 2. The van der Waals surface area contributed by atoms with Gasteiger partial charge in [0.1, 0.15) is 11.9 Å². The maximum atomic E-state index is 14.2. The van der Waals surface area contributed by atoms with E-state index in [1.54, 1.807) is 16.8 Å². The average Bonchev–Trinajstić information content (AvgIpc) is 3.53. The van der Waals surface area contributed by atoms with Gasteiger partial charge in [-0.1, -0.05) is 18.2 Å². The third-order valence-electron chi connectivity index (χ3n) is 9.25. The number of pyridine rings is 1. The van der Waals surface area contributed by atoms with Gasteiger partial charge in [-0.3, -0.25) is 9.59 Å². The number of halogens is 1. The SMILES string of the molecule is Cc1c(-c2cc3ccc(-c4ccc5c(c4)CNC5=O)cc3n2CC2CC2)nn2cc(C(=O)N3C[C@H](N)C[C@@H](F)C3)ccc12. The molecular weight excluding hydrogens is 543 g/mol. The number of fused-ring (bicyclic) bond motifs is 3. The molecule has 0 spiro atoms. The summed E-state index contributed by atoms with van der Waals surface area (Å²) in [6.45, 7) is 3.97. The molecule has 0 radical (unpaired) electrons. The number of alkyl halides is 1. The molecule has 9 heteroatoms. The minimum Gasteiger partial charge on any atom is -0.348 e. The lowest BCUT2D eigenvalue weighted by molar-refractivity contribution is 0.0606. The summed E-state index contributed by atoms with van der Waals surface area (Å²) in [6, 6.07) is 18.2. The van der Waals surface area contributed by atoms with Gasteiger partial charge in [-0.2, -0.15) is 5.10 Å². The van der Waals surface area contributed by atoms with E-state index in [0.717, 1.165) is 62.2 Å². The van der Waals surface area contributed by atoms with Crippen LogP contribution in [0.15, 0.2) is 60.8 Å². The molecule has 3 N–H and O–H groups in total. The van der Waals surface area contributed by atoms with E-state index in [0.29, 0.717) is 24.6 Å². The summed E-state index contributed by atoms with van der Waals surface area (Å²) < 4.78 is 18.3. The van der Waals surface area contributed by atoms with Gasteiger partial charge in [0.15, 0.2) is 0 Å². The molecule has 5 heterocycles. The number of nitrogens with two attached hydrogens (primary N) is 1. The first kappa shape index (κ1) is 26.2. The molecule has 3 aliphatic rings. The number of hydrogen-bond acceptors (Lipinski definition) is 4. The van der Waals surface area contributed by atoms with Crippen molar-refractivity contribution in [3.05, 3.63) is 83.0 Å². The lowest BCUT2D eigenvalue weighted by Gasteiger charge is -2.32. The van der Waals surface area contributed by atoms with Crippen molar-refractivity contribution in [1.82, 2.24) is 24.4 Å². The molecule has 5 aromatic rings. The van der Waals surface area contributed by atoms with Crippen LogP contribution in [-0.2, 0) is 13.1 Å². The molecule has 2 amide bonds. The average molecular weight is 577 g/mol. The van der Waals surface area contributed by atoms with Crippen molar-refractivity contribution in [2.75, 3.05) is 13.1 Å². The molecule has 218 valence electrons. The number of nitrogens with zero attached hydrogens (tertiary/aromatic N) is 4. The number of likely N-dealkylation sites (tertiary alicyclic amines) is 1. The lowest BCUT2D eigenvalue weighted by atomic mass is 9.99. The monoisotopic (exact) mass is 576 g/mol. The molecule has 2 atom stereocenters. The molecule has 8 nitrogen and oxygen atoms in total. The van der Waals surface area contributed by atoms with Crippen LogP contribution in [0, 0.1) is 12.8 Å². The predicted molar refractivity (Wildman–Crippen MR) is 164 cm³/mol. The molecule has 1 saturated carbocycles. The van der Waals surface area contributed by atoms with Crippen LogP contribution >= 0.6 is 0 Å². The Kier molecular flexibility index (Phi) is 5.94. The minimum absolute atomic E-state index is 0.0108. The molecule has 0 bridgehead atoms. The van der Waals surface area contributed by atoms with Crippen molar-refractivity contribution in [3.63, 3.8) is 0 Å². The van der Waals surface area contributed by atoms with Crippen LogP contribution in [0.1, 0.15) is 51.1 Å². The standard InChI is InChI=1S/C34H33FN6O2/c1-19-29-9-7-24(34(43)39-17-26(35)13-27(36)18-39)16-41(29)38-32(19)31-12-23-5-4-22(11-30(23)40(31)15-20-2-3-20)21-6-8-28-25(10-21)14-37-33(28)42/h4-12,16,20,26-27H,2-3,13-15,17-18,36H2,1H3,(H,37,42)/t26-,27-/m1/s1. The van der Waals surface area contributed by atoms with Crippen LogP contribution in [0.4, 0.5) is 4.39 Å². The highest BCUT2D eigenvalue weighted by Crippen LogP contribution is 2.38. The van der Waals surface area contributed by atoms with E-state index < -0.39 is 6.17 Å². The number of carbonyl (C=O) groups excluding carboxylic acids is 2. The summed E-state index contributed by atoms with van der Waals surface area (Å²) in [6.07, 6.45) is 3.38. The summed E-state index contributed by atoms with van der Waals surface area (Å²) >= 11 is 0. The summed E-state index contributed by atoms with van der Waals surface area (Å²) in [4.78, 5) is 26.8. The van der Waals surface area contributed by atoms with Crippen molar-refractivity contribution in [1.29, 1.82) is 0 Å². The van der Waals surface area contributed by atoms with Crippen molar-refractivity contribution < 1.29 is 14.0 Å². The molecule has 3 aromatic heterocycles. The fourth-order valence-electron chi connectivity index (χ4n) is 6.76. The zero-order valence-electron chi connectivity index (χ0n) is 24.0. The third kappa shape index (κ3) is 4.50. The molecule has 1 aliphatic carbocycles. The second-order valence-corrected chi connectivity index (χ2v) is 12.4. The van der Waals surface area contributed by atoms with Crippen molar-refractivity contribution in [2.24, 2.45) is 11.7 Å². The molecular formula is C34H33FN6O2. The summed E-state index contributed by atoms with van der Waals surface area (Å²) in [5.74, 6) is 0.409. The van der Waals surface area contributed by atoms with Crippen LogP contribution < -0.4 is 11.1 Å². The maximum absolute atomic E-state index is 14.2. The molecule has 2 aromatic carbocycles. The van der Waals surface area contributed by atoms with Gasteiger partial charge in [-0.15, -0.1) is 0 Å². The highest BCUT2D eigenvalue weighted by Gasteiger charge is 2.30. The number of aromatic nitrogens is 3. The van der Waals surface area contributed by atoms with E-state index in [4.69, 9.17) is 10.8 Å². The number of nitrogens with one attached hydrogen (secondary N) is 1. The van der Waals surface area contributed by atoms with Crippen LogP contribution in [0.2, 0.25) is 0 Å². The van der Waals surface area contributed by atoms with Crippen LogP contribution in [0.3, 0.4) is 0 Å². The first-order chi connectivity index (χ1) is 20.8. The summed E-state index contributed by atoms with van der Waals surface area (Å²) in [5, 5.41) is 9.05. The Morgan fingerprint density at radius 2 is 1.86 bits per heavy atom. The number of carbonyl (C=O) groups is 2. The number of aryl methyl sites for hydroxylation is 1. The van der Waals surface area contributed by atoms with Gasteiger partial charge in [-0.05, 0) is 85.2 Å². The van der Waals surface area contributed by atoms with Gasteiger partial charge in [0.2, 0.25) is 0 Å². The first-order valence-electron chi connectivity index (χ1n) is 15.1. The topological polar surface area (TPSA) is 97.7 Å². The fourth-order valence-corrected chi connectivity index (χ4v) is 6.76. The third-order valence-corrected chi connectivity index (χ3v) is 9.25. The smallest absolute Gasteiger partial charge is 0.255 e. The number of rotatable bonds is 5. The molecule has 0 unspecified atom stereocenters. The zero-order chi connectivity index (χ0) is 29.4. The second kappa shape index (κ2) is 9.77. The van der Waals surface area contributed by atoms with Gasteiger partial charge in [0, 0.05) is 53.9 Å². The quantitative estimate of drug-likeness (QED) is 0.304. The van der Waals surface area contributed by atoms with Gasteiger partial charge in [0.05, 0.1) is 23.3 Å². The lowest BCUT2D eigenvalue weighted by Crippen LogP contribution is -2.50. The van der Waals surface area contributed by atoms with Crippen molar-refractivity contribution in [3.8, 4) is 22.5 Å². The van der Waals surface area contributed by atoms with Crippen LogP contribution in [0.5, 0.6) is 0 Å². The Hall–Kier alpha value is -4.50. The fraction of sp³-hybridized carbons (Fsp3) is 0.324. The Labute approximate surface area is 248 Å². The maximum Gasteiger partial charge on any atom is 0.255 e. The Morgan fingerprint density at radius 1 is 1.05 bits per heavy atom. The Balaban J connectivity index is 1.19. The van der Waals surface area contributed by atoms with Gasteiger partial charge in [-0.25, -0.2) is 8.91 Å². The van der Waals surface area contributed by atoms with Crippen LogP contribution in [-0.4, -0.2) is 56.2 Å². The van der Waals surface area contributed by atoms with Crippen molar-refractivity contribution in [2.45, 2.75) is 51.5 Å². The second-order valence-electron chi connectivity index (χ2n) is 12.4. The van der Waals surface area contributed by atoms with E-state index >= 15 is 0 Å². The van der Waals surface area contributed by atoms with Gasteiger partial charge < -0.3 is 20.5 Å². The van der Waals surface area contributed by atoms with E-state index in [9.17, 15) is 14.0 Å². The Bertz CT molecular complexity index is 1940. The molecule has 8 rings (SSSR count). The highest BCUT2D eigenvalue weighted by atomic mass is 19.1. The predicted octanol–water partition coefficient (Wildman–Crippen LogP) is 5.10. The molecule has 1 saturated heterocycles. The Morgan fingerprint density at radius 3 is 2.67 bits per heavy atom. The zero-order valence-corrected chi connectivity index (χ0v) is 24.0. The normalized spacial score (nSPS) is 20.2. The van der Waals surface area contributed by atoms with E-state index in [2.05, 4.69) is 47.1 Å². The van der Waals surface area contributed by atoms with E-state index in [1.807, 2.05) is 18.2 Å². The number of hydrogen-bond donors (Lipinski definition) is 2. The highest BCUT2D eigenvalue weighted by molar-refractivity contribution is 5.99. The summed E-state index contributed by atoms with van der Waals surface area (Å²) in [7, 11) is 0. The van der Waals surface area contributed by atoms with Crippen LogP contribution in [0.25, 0.3) is 38.9 Å². The summed E-state index contributed by atoms with van der Waals surface area (Å²) in [5.41, 5.74) is 15.5. The largest absolute Gasteiger partial charge is 0.348 e.